The molecule has 0 saturated carbocycles. The van der Waals surface area contributed by atoms with Crippen molar-refractivity contribution in [3.63, 3.8) is 0 Å². The first kappa shape index (κ1) is 14.2. The summed E-state index contributed by atoms with van der Waals surface area (Å²) < 4.78 is 32.7. The Kier molecular flexibility index (Phi) is 3.58. The molecule has 108 valence electrons. The summed E-state index contributed by atoms with van der Waals surface area (Å²) in [6, 6.07) is -1.19. The van der Waals surface area contributed by atoms with Gasteiger partial charge in [0.2, 0.25) is 0 Å². The molecule has 0 spiro atoms. The topological polar surface area (TPSA) is 101 Å². The normalized spacial score (nSPS) is 12.7. The van der Waals surface area contributed by atoms with Crippen LogP contribution in [0.25, 0.3) is 10.9 Å². The largest absolute Gasteiger partial charge is 0.491 e. The molecule has 6 nitrogen and oxygen atoms in total. The van der Waals surface area contributed by atoms with E-state index in [2.05, 4.69) is 14.9 Å². The number of aromatic nitrogens is 2. The maximum Gasteiger partial charge on any atom is 0.320 e. The molecule has 4 N–H and O–H groups in total. The lowest BCUT2D eigenvalue weighted by Gasteiger charge is -2.09. The average Bonchev–Trinajstić information content (AvgIpc) is 2.81. The van der Waals surface area contributed by atoms with Crippen molar-refractivity contribution in [2.45, 2.75) is 19.4 Å². The molecule has 8 heteroatoms. The van der Waals surface area contributed by atoms with Crippen LogP contribution in [0.5, 0.6) is 5.75 Å². The average molecular weight is 285 g/mol. The molecule has 1 aromatic carbocycles. The predicted molar refractivity (Wildman–Crippen MR) is 66.6 cm³/mol. The molecule has 1 atom stereocenters. The molecule has 2 rings (SSSR count). The summed E-state index contributed by atoms with van der Waals surface area (Å²) in [5.74, 6) is -3.50. The van der Waals surface area contributed by atoms with E-state index in [4.69, 9.17) is 10.8 Å². The van der Waals surface area contributed by atoms with Crippen molar-refractivity contribution in [2.24, 2.45) is 5.73 Å². The fourth-order valence-electron chi connectivity index (χ4n) is 2.06. The first-order chi connectivity index (χ1) is 9.38. The van der Waals surface area contributed by atoms with Crippen LogP contribution in [0.4, 0.5) is 8.78 Å². The van der Waals surface area contributed by atoms with Crippen LogP contribution in [-0.4, -0.2) is 34.4 Å². The molecule has 0 radical (unpaired) electrons. The molecule has 1 unspecified atom stereocenters. The van der Waals surface area contributed by atoms with Crippen molar-refractivity contribution >= 4 is 16.9 Å². The number of benzene rings is 1. The predicted octanol–water partition coefficient (Wildman–Crippen LogP) is 1.11. The molecule has 2 aromatic rings. The highest BCUT2D eigenvalue weighted by atomic mass is 19.1. The number of aryl methyl sites for hydroxylation is 1. The van der Waals surface area contributed by atoms with E-state index in [9.17, 15) is 13.6 Å². The Labute approximate surface area is 112 Å². The number of hydrogen-bond acceptors (Lipinski definition) is 4. The van der Waals surface area contributed by atoms with Crippen LogP contribution >= 0.6 is 0 Å². The Bertz CT molecular complexity index is 684. The number of methoxy groups -OCH3 is 1. The zero-order valence-corrected chi connectivity index (χ0v) is 10.8. The van der Waals surface area contributed by atoms with Crippen LogP contribution in [-0.2, 0) is 11.2 Å². The van der Waals surface area contributed by atoms with E-state index in [1.807, 2.05) is 0 Å². The van der Waals surface area contributed by atoms with E-state index >= 15 is 0 Å². The fraction of sp³-hybridized carbons (Fsp3) is 0.333. The van der Waals surface area contributed by atoms with Gasteiger partial charge in [-0.1, -0.05) is 0 Å². The van der Waals surface area contributed by atoms with Gasteiger partial charge in [-0.2, -0.15) is 5.10 Å². The Morgan fingerprint density at radius 3 is 2.70 bits per heavy atom. The highest BCUT2D eigenvalue weighted by molar-refractivity contribution is 5.88. The number of nitrogens with zero attached hydrogens (tertiary/aromatic N) is 1. The van der Waals surface area contributed by atoms with Gasteiger partial charge in [0.05, 0.1) is 7.11 Å². The molecule has 0 saturated heterocycles. The molecule has 0 fully saturated rings. The van der Waals surface area contributed by atoms with Crippen molar-refractivity contribution in [1.82, 2.24) is 10.2 Å². The van der Waals surface area contributed by atoms with E-state index < -0.39 is 29.4 Å². The molecule has 0 aliphatic carbocycles. The van der Waals surface area contributed by atoms with Gasteiger partial charge in [0.1, 0.15) is 11.6 Å². The monoisotopic (exact) mass is 285 g/mol. The summed E-state index contributed by atoms with van der Waals surface area (Å²) in [5.41, 5.74) is 5.71. The minimum absolute atomic E-state index is 0.103. The number of hydrogen-bond donors (Lipinski definition) is 3. The molecule has 1 heterocycles. The number of carbonyl (C=O) groups is 1. The minimum Gasteiger partial charge on any atom is -0.491 e. The van der Waals surface area contributed by atoms with Crippen molar-refractivity contribution in [3.05, 3.63) is 22.9 Å². The van der Waals surface area contributed by atoms with Gasteiger partial charge in [-0.25, -0.2) is 8.78 Å². The van der Waals surface area contributed by atoms with Crippen molar-refractivity contribution in [2.75, 3.05) is 7.11 Å². The lowest BCUT2D eigenvalue weighted by atomic mass is 10.0. The molecule has 0 bridgehead atoms. The smallest absolute Gasteiger partial charge is 0.320 e. The first-order valence-electron chi connectivity index (χ1n) is 5.75. The number of carboxylic acid groups (broad SMARTS) is 1. The Morgan fingerprint density at radius 2 is 2.15 bits per heavy atom. The summed E-state index contributed by atoms with van der Waals surface area (Å²) in [6.45, 7) is 1.44. The van der Waals surface area contributed by atoms with Crippen LogP contribution < -0.4 is 10.5 Å². The number of H-pyrrole nitrogens is 1. The second kappa shape index (κ2) is 5.04. The number of ether oxygens (including phenoxy) is 1. The summed E-state index contributed by atoms with van der Waals surface area (Å²) in [6.07, 6.45) is -0.113. The van der Waals surface area contributed by atoms with E-state index in [0.29, 0.717) is 0 Å². The maximum atomic E-state index is 14.0. The van der Waals surface area contributed by atoms with Crippen molar-refractivity contribution in [3.8, 4) is 5.75 Å². The molecular weight excluding hydrogens is 272 g/mol. The maximum absolute atomic E-state index is 14.0. The number of aromatic amines is 1. The van der Waals surface area contributed by atoms with E-state index in [0.717, 1.165) is 7.11 Å². The fourth-order valence-corrected chi connectivity index (χ4v) is 2.06. The van der Waals surface area contributed by atoms with Crippen LogP contribution in [0.15, 0.2) is 0 Å². The number of aliphatic carboxylic acids is 1. The van der Waals surface area contributed by atoms with Gasteiger partial charge in [-0.3, -0.25) is 9.89 Å². The van der Waals surface area contributed by atoms with Gasteiger partial charge >= 0.3 is 5.97 Å². The highest BCUT2D eigenvalue weighted by Gasteiger charge is 2.24. The minimum atomic E-state index is -1.21. The van der Waals surface area contributed by atoms with Gasteiger partial charge in [-0.15, -0.1) is 0 Å². The quantitative estimate of drug-likeness (QED) is 0.781. The standard InChI is InChI=1S/C12H13F2N3O3/c1-4-7-6(3-5(15)12(18)19)16-17-10(7)9(14)11(20-2)8(4)13/h5H,3,15H2,1-2H3,(H,16,17)(H,18,19). The van der Waals surface area contributed by atoms with Gasteiger partial charge < -0.3 is 15.6 Å². The number of nitrogens with two attached hydrogens (primary N) is 1. The van der Waals surface area contributed by atoms with Gasteiger partial charge in [-0.05, 0) is 6.92 Å². The van der Waals surface area contributed by atoms with Crippen LogP contribution in [0.3, 0.4) is 0 Å². The number of carboxylic acids is 1. The summed E-state index contributed by atoms with van der Waals surface area (Å²) >= 11 is 0. The second-order valence-corrected chi connectivity index (χ2v) is 4.36. The summed E-state index contributed by atoms with van der Waals surface area (Å²) in [7, 11) is 1.15. The Hall–Kier alpha value is -2.22. The van der Waals surface area contributed by atoms with E-state index in [1.54, 1.807) is 0 Å². The third-order valence-electron chi connectivity index (χ3n) is 3.10. The Morgan fingerprint density at radius 1 is 1.50 bits per heavy atom. The third kappa shape index (κ3) is 2.07. The molecule has 0 aliphatic rings. The zero-order chi connectivity index (χ0) is 15.0. The number of rotatable bonds is 4. The number of fused-ring (bicyclic) bond motifs is 1. The number of halogens is 2. The Balaban J connectivity index is 2.64. The third-order valence-corrected chi connectivity index (χ3v) is 3.10. The molecule has 0 aliphatic heterocycles. The first-order valence-corrected chi connectivity index (χ1v) is 5.75. The SMILES string of the molecule is COc1c(F)c(C)c2c(CC(N)C(=O)O)[nH]nc2c1F. The summed E-state index contributed by atoms with van der Waals surface area (Å²) in [5, 5.41) is 15.2. The van der Waals surface area contributed by atoms with E-state index in [1.165, 1.54) is 6.92 Å². The van der Waals surface area contributed by atoms with E-state index in [-0.39, 0.29) is 28.6 Å². The van der Waals surface area contributed by atoms with Crippen molar-refractivity contribution in [1.29, 1.82) is 0 Å². The summed E-state index contributed by atoms with van der Waals surface area (Å²) in [4.78, 5) is 10.8. The van der Waals surface area contributed by atoms with Crippen LogP contribution in [0, 0.1) is 18.6 Å². The van der Waals surface area contributed by atoms with Gasteiger partial charge in [0, 0.05) is 23.1 Å². The second-order valence-electron chi connectivity index (χ2n) is 4.36. The lowest BCUT2D eigenvalue weighted by Crippen LogP contribution is -2.32. The molecular formula is C12H13F2N3O3. The van der Waals surface area contributed by atoms with Gasteiger partial charge in [0.15, 0.2) is 17.4 Å². The van der Waals surface area contributed by atoms with Crippen LogP contribution in [0.2, 0.25) is 0 Å². The van der Waals surface area contributed by atoms with Crippen molar-refractivity contribution < 1.29 is 23.4 Å². The lowest BCUT2D eigenvalue weighted by molar-refractivity contribution is -0.138. The molecule has 0 amide bonds. The molecule has 1 aromatic heterocycles. The zero-order valence-electron chi connectivity index (χ0n) is 10.8. The van der Waals surface area contributed by atoms with Gasteiger partial charge in [0.25, 0.3) is 0 Å². The highest BCUT2D eigenvalue weighted by Crippen LogP contribution is 2.33. The van der Waals surface area contributed by atoms with Crippen LogP contribution in [0.1, 0.15) is 11.3 Å². The molecule has 20 heavy (non-hydrogen) atoms. The number of nitrogens with one attached hydrogen (secondary N) is 1.